The number of aryl methyl sites for hydroxylation is 1. The van der Waals surface area contributed by atoms with Crippen molar-refractivity contribution in [2.24, 2.45) is 0 Å². The largest absolute Gasteiger partial charge is 0.456 e. The molecule has 2 N–H and O–H groups in total. The second-order valence-electron chi connectivity index (χ2n) is 7.13. The van der Waals surface area contributed by atoms with Crippen LogP contribution in [0.4, 0.5) is 5.82 Å². The van der Waals surface area contributed by atoms with Crippen LogP contribution >= 0.6 is 0 Å². The fraction of sp³-hybridized carbons (Fsp3) is 0.0870. The molecule has 10 nitrogen and oxygen atoms in total. The quantitative estimate of drug-likeness (QED) is 0.441. The van der Waals surface area contributed by atoms with Gasteiger partial charge < -0.3 is 10.5 Å². The van der Waals surface area contributed by atoms with E-state index in [9.17, 15) is 5.26 Å². The van der Waals surface area contributed by atoms with Gasteiger partial charge in [-0.1, -0.05) is 24.3 Å². The number of ether oxygens (including phenoxy) is 1. The highest BCUT2D eigenvalue weighted by molar-refractivity contribution is 5.83. The predicted octanol–water partition coefficient (Wildman–Crippen LogP) is 2.98. The summed E-state index contributed by atoms with van der Waals surface area (Å²) in [6.07, 6.45) is 4.75. The minimum absolute atomic E-state index is 0.120. The number of aromatic nitrogens is 7. The third kappa shape index (κ3) is 3.68. The molecule has 0 saturated carbocycles. The summed E-state index contributed by atoms with van der Waals surface area (Å²) in [6.45, 7) is 2.15. The van der Waals surface area contributed by atoms with Crippen molar-refractivity contribution in [3.8, 4) is 34.7 Å². The normalized spacial score (nSPS) is 10.8. The summed E-state index contributed by atoms with van der Waals surface area (Å²) in [4.78, 5) is 21.7. The van der Waals surface area contributed by atoms with Crippen LogP contribution in [0.2, 0.25) is 0 Å². The molecule has 0 amide bonds. The molecule has 5 rings (SSSR count). The lowest BCUT2D eigenvalue weighted by Crippen LogP contribution is -2.06. The molecule has 4 aromatic heterocycles. The van der Waals surface area contributed by atoms with Crippen LogP contribution in [0.25, 0.3) is 28.3 Å². The van der Waals surface area contributed by atoms with Crippen LogP contribution in [-0.2, 0) is 6.61 Å². The zero-order valence-corrected chi connectivity index (χ0v) is 17.5. The third-order valence-electron chi connectivity index (χ3n) is 5.07. The molecule has 1 aromatic carbocycles. The SMILES string of the molecule is Cc1cccnc1COc1nc2c(N)nc(-c3ccccc3C#N)c(-c3ccncn3)n2n1. The highest BCUT2D eigenvalue weighted by atomic mass is 16.5. The minimum atomic E-state index is 0.120. The highest BCUT2D eigenvalue weighted by Gasteiger charge is 2.22. The monoisotopic (exact) mass is 435 g/mol. The molecule has 0 aliphatic rings. The second kappa shape index (κ2) is 8.32. The molecule has 0 radical (unpaired) electrons. The molecule has 160 valence electrons. The molecule has 0 bridgehead atoms. The van der Waals surface area contributed by atoms with Crippen molar-refractivity contribution in [2.45, 2.75) is 13.5 Å². The number of fused-ring (bicyclic) bond motifs is 1. The average Bonchev–Trinajstić information content (AvgIpc) is 3.28. The van der Waals surface area contributed by atoms with Gasteiger partial charge in [-0.25, -0.2) is 19.5 Å². The fourth-order valence-electron chi connectivity index (χ4n) is 3.44. The molecule has 0 atom stereocenters. The van der Waals surface area contributed by atoms with Crippen molar-refractivity contribution < 1.29 is 4.74 Å². The number of nitrogen functional groups attached to an aromatic ring is 1. The Bertz CT molecular complexity index is 1510. The Hall–Kier alpha value is -4.91. The van der Waals surface area contributed by atoms with E-state index in [0.717, 1.165) is 11.3 Å². The Morgan fingerprint density at radius 2 is 1.94 bits per heavy atom. The number of nitriles is 1. The lowest BCUT2D eigenvalue weighted by molar-refractivity contribution is 0.276. The second-order valence-corrected chi connectivity index (χ2v) is 7.13. The van der Waals surface area contributed by atoms with Gasteiger partial charge in [0.2, 0.25) is 5.65 Å². The van der Waals surface area contributed by atoms with E-state index < -0.39 is 0 Å². The molecule has 5 aromatic rings. The first-order chi connectivity index (χ1) is 16.2. The van der Waals surface area contributed by atoms with Gasteiger partial charge in [0.05, 0.1) is 23.0 Å². The van der Waals surface area contributed by atoms with E-state index in [1.165, 1.54) is 10.8 Å². The van der Waals surface area contributed by atoms with Crippen LogP contribution in [0, 0.1) is 18.3 Å². The summed E-state index contributed by atoms with van der Waals surface area (Å²) in [5, 5.41) is 14.2. The lowest BCUT2D eigenvalue weighted by Gasteiger charge is -2.12. The molecular weight excluding hydrogens is 418 g/mol. The van der Waals surface area contributed by atoms with Gasteiger partial charge in [-0.3, -0.25) is 4.98 Å². The number of nitrogens with two attached hydrogens (primary N) is 1. The van der Waals surface area contributed by atoms with Crippen molar-refractivity contribution in [1.82, 2.24) is 34.5 Å². The first-order valence-corrected chi connectivity index (χ1v) is 10.0. The maximum absolute atomic E-state index is 9.63. The van der Waals surface area contributed by atoms with E-state index in [4.69, 9.17) is 10.5 Å². The van der Waals surface area contributed by atoms with E-state index in [-0.39, 0.29) is 18.4 Å². The molecule has 0 spiro atoms. The van der Waals surface area contributed by atoms with E-state index in [0.29, 0.717) is 33.9 Å². The van der Waals surface area contributed by atoms with Crippen LogP contribution in [0.5, 0.6) is 6.01 Å². The Morgan fingerprint density at radius 3 is 2.73 bits per heavy atom. The van der Waals surface area contributed by atoms with Crippen molar-refractivity contribution in [3.63, 3.8) is 0 Å². The van der Waals surface area contributed by atoms with E-state index >= 15 is 0 Å². The zero-order valence-electron chi connectivity index (χ0n) is 17.5. The standard InChI is InChI=1S/C23H17N9O/c1-14-5-4-9-27-18(14)12-33-23-30-22-21(25)29-19(16-7-3-2-6-15(16)11-24)20(32(22)31-23)17-8-10-26-13-28-17/h2-10,13H,12H2,1H3,(H2,25,29). The van der Waals surface area contributed by atoms with Crippen molar-refractivity contribution in [2.75, 3.05) is 5.73 Å². The summed E-state index contributed by atoms with van der Waals surface area (Å²) in [5.41, 5.74) is 10.9. The molecule has 0 unspecified atom stereocenters. The Labute approximate surface area is 188 Å². The minimum Gasteiger partial charge on any atom is -0.456 e. The van der Waals surface area contributed by atoms with Gasteiger partial charge in [0, 0.05) is 18.0 Å². The summed E-state index contributed by atoms with van der Waals surface area (Å²) < 4.78 is 7.36. The van der Waals surface area contributed by atoms with Gasteiger partial charge in [0.1, 0.15) is 24.3 Å². The molecule has 33 heavy (non-hydrogen) atoms. The number of hydrogen-bond donors (Lipinski definition) is 1. The Morgan fingerprint density at radius 1 is 1.06 bits per heavy atom. The topological polar surface area (TPSA) is 141 Å². The molecule has 0 aliphatic carbocycles. The molecule has 0 aliphatic heterocycles. The molecule has 0 fully saturated rings. The van der Waals surface area contributed by atoms with Gasteiger partial charge in [0.15, 0.2) is 5.82 Å². The van der Waals surface area contributed by atoms with Gasteiger partial charge in [0.25, 0.3) is 0 Å². The maximum Gasteiger partial charge on any atom is 0.336 e. The molecule has 4 heterocycles. The summed E-state index contributed by atoms with van der Waals surface area (Å²) >= 11 is 0. The fourth-order valence-corrected chi connectivity index (χ4v) is 3.44. The number of rotatable bonds is 5. The van der Waals surface area contributed by atoms with Crippen LogP contribution in [0.3, 0.4) is 0 Å². The van der Waals surface area contributed by atoms with E-state index in [2.05, 4.69) is 36.1 Å². The Balaban J connectivity index is 1.69. The van der Waals surface area contributed by atoms with Crippen molar-refractivity contribution in [1.29, 1.82) is 5.26 Å². The van der Waals surface area contributed by atoms with Crippen LogP contribution in [0.1, 0.15) is 16.8 Å². The molecule has 10 heteroatoms. The average molecular weight is 435 g/mol. The zero-order chi connectivity index (χ0) is 22.8. The smallest absolute Gasteiger partial charge is 0.336 e. The van der Waals surface area contributed by atoms with E-state index in [1.54, 1.807) is 36.7 Å². The molecular formula is C23H17N9O. The van der Waals surface area contributed by atoms with E-state index in [1.807, 2.05) is 25.1 Å². The Kier molecular flexibility index (Phi) is 5.04. The van der Waals surface area contributed by atoms with Crippen molar-refractivity contribution in [3.05, 3.63) is 78.0 Å². The summed E-state index contributed by atoms with van der Waals surface area (Å²) in [5.74, 6) is 0.145. The number of anilines is 1. The summed E-state index contributed by atoms with van der Waals surface area (Å²) in [6, 6.07) is 15.0. The first kappa shape index (κ1) is 20.0. The predicted molar refractivity (Wildman–Crippen MR) is 120 cm³/mol. The lowest BCUT2D eigenvalue weighted by atomic mass is 10.0. The number of nitrogens with zero attached hydrogens (tertiary/aromatic N) is 8. The number of hydrogen-bond acceptors (Lipinski definition) is 9. The number of pyridine rings is 1. The van der Waals surface area contributed by atoms with Crippen LogP contribution < -0.4 is 10.5 Å². The molecule has 0 saturated heterocycles. The van der Waals surface area contributed by atoms with Gasteiger partial charge in [-0.2, -0.15) is 10.2 Å². The van der Waals surface area contributed by atoms with Crippen molar-refractivity contribution >= 4 is 11.5 Å². The highest BCUT2D eigenvalue weighted by Crippen LogP contribution is 2.33. The van der Waals surface area contributed by atoms with Crippen LogP contribution in [0.15, 0.2) is 61.2 Å². The van der Waals surface area contributed by atoms with Gasteiger partial charge in [-0.05, 0) is 30.7 Å². The summed E-state index contributed by atoms with van der Waals surface area (Å²) in [7, 11) is 0. The van der Waals surface area contributed by atoms with Crippen LogP contribution in [-0.4, -0.2) is 34.5 Å². The number of benzene rings is 1. The van der Waals surface area contributed by atoms with Gasteiger partial charge in [-0.15, -0.1) is 5.10 Å². The first-order valence-electron chi connectivity index (χ1n) is 10.0. The van der Waals surface area contributed by atoms with Gasteiger partial charge >= 0.3 is 6.01 Å². The third-order valence-corrected chi connectivity index (χ3v) is 5.07. The maximum atomic E-state index is 9.63.